The molecule has 0 saturated carbocycles. The second-order valence-electron chi connectivity index (χ2n) is 6.00. The largest absolute Gasteiger partial charge is 0.334 e. The molecule has 2 aromatic rings. The van der Waals surface area contributed by atoms with Crippen molar-refractivity contribution in [3.05, 3.63) is 43.8 Å². The lowest BCUT2D eigenvalue weighted by atomic mass is 10.1. The number of thiophene rings is 2. The van der Waals surface area contributed by atoms with Gasteiger partial charge in [0.25, 0.3) is 11.8 Å². The maximum Gasteiger partial charge on any atom is 0.264 e. The highest BCUT2D eigenvalue weighted by Crippen LogP contribution is 2.25. The maximum absolute atomic E-state index is 12.7. The SMILES string of the molecule is CCCc1cc(C(=O)N2CCN(C(=O)c3cccs3)CC2)sc1C. The zero-order valence-electron chi connectivity index (χ0n) is 14.1. The zero-order valence-corrected chi connectivity index (χ0v) is 15.7. The van der Waals surface area contributed by atoms with E-state index in [1.54, 1.807) is 11.3 Å². The summed E-state index contributed by atoms with van der Waals surface area (Å²) in [6.45, 7) is 6.67. The summed E-state index contributed by atoms with van der Waals surface area (Å²) in [6.07, 6.45) is 2.12. The van der Waals surface area contributed by atoms with Gasteiger partial charge in [-0.05, 0) is 36.4 Å². The molecule has 3 rings (SSSR count). The molecule has 0 N–H and O–H groups in total. The second-order valence-corrected chi connectivity index (χ2v) is 8.21. The topological polar surface area (TPSA) is 40.6 Å². The smallest absolute Gasteiger partial charge is 0.264 e. The number of hydrogen-bond acceptors (Lipinski definition) is 4. The number of piperazine rings is 1. The van der Waals surface area contributed by atoms with Crippen molar-refractivity contribution in [2.45, 2.75) is 26.7 Å². The summed E-state index contributed by atoms with van der Waals surface area (Å²) in [5, 5.41) is 1.92. The second kappa shape index (κ2) is 7.49. The summed E-state index contributed by atoms with van der Waals surface area (Å²) in [6, 6.07) is 5.80. The minimum absolute atomic E-state index is 0.0781. The van der Waals surface area contributed by atoms with Crippen LogP contribution in [-0.2, 0) is 6.42 Å². The van der Waals surface area contributed by atoms with Crippen LogP contribution in [0, 0.1) is 6.92 Å². The molecule has 128 valence electrons. The number of carbonyl (C=O) groups is 2. The first-order valence-electron chi connectivity index (χ1n) is 8.31. The van der Waals surface area contributed by atoms with Crippen molar-refractivity contribution >= 4 is 34.5 Å². The van der Waals surface area contributed by atoms with Gasteiger partial charge in [0, 0.05) is 31.1 Å². The van der Waals surface area contributed by atoms with Gasteiger partial charge in [-0.2, -0.15) is 0 Å². The predicted octanol–water partition coefficient (Wildman–Crippen LogP) is 3.67. The molecule has 0 bridgehead atoms. The summed E-state index contributed by atoms with van der Waals surface area (Å²) >= 11 is 3.06. The standard InChI is InChI=1S/C18H22N2O2S2/c1-3-5-14-12-16(24-13(14)2)18(22)20-9-7-19(8-10-20)17(21)15-6-4-11-23-15/h4,6,11-12H,3,5,7-10H2,1-2H3. The number of nitrogens with zero attached hydrogens (tertiary/aromatic N) is 2. The predicted molar refractivity (Wildman–Crippen MR) is 99.2 cm³/mol. The number of carbonyl (C=O) groups excluding carboxylic acids is 2. The Kier molecular flexibility index (Phi) is 5.36. The average Bonchev–Trinajstić information content (AvgIpc) is 3.25. The van der Waals surface area contributed by atoms with E-state index in [0.29, 0.717) is 26.2 Å². The maximum atomic E-state index is 12.7. The van der Waals surface area contributed by atoms with E-state index in [9.17, 15) is 9.59 Å². The molecule has 24 heavy (non-hydrogen) atoms. The molecule has 0 unspecified atom stereocenters. The number of amides is 2. The Balaban J connectivity index is 1.61. The van der Waals surface area contributed by atoms with E-state index in [-0.39, 0.29) is 11.8 Å². The normalized spacial score (nSPS) is 14.9. The summed E-state index contributed by atoms with van der Waals surface area (Å²) in [4.78, 5) is 31.6. The highest BCUT2D eigenvalue weighted by molar-refractivity contribution is 7.14. The lowest BCUT2D eigenvalue weighted by Crippen LogP contribution is -2.50. The summed E-state index contributed by atoms with van der Waals surface area (Å²) < 4.78 is 0. The van der Waals surface area contributed by atoms with E-state index in [4.69, 9.17) is 0 Å². The van der Waals surface area contributed by atoms with Crippen LogP contribution in [0.15, 0.2) is 23.6 Å². The summed E-state index contributed by atoms with van der Waals surface area (Å²) in [7, 11) is 0. The third-order valence-corrected chi connectivity index (χ3v) is 6.28. The molecule has 0 spiro atoms. The minimum Gasteiger partial charge on any atom is -0.334 e. The average molecular weight is 363 g/mol. The van der Waals surface area contributed by atoms with Crippen molar-refractivity contribution in [1.82, 2.24) is 9.80 Å². The van der Waals surface area contributed by atoms with Crippen LogP contribution in [0.25, 0.3) is 0 Å². The Morgan fingerprint density at radius 1 is 1.08 bits per heavy atom. The lowest BCUT2D eigenvalue weighted by molar-refractivity contribution is 0.0540. The Hall–Kier alpha value is -1.66. The molecule has 1 aliphatic rings. The summed E-state index contributed by atoms with van der Waals surface area (Å²) in [5.74, 6) is 0.183. The fourth-order valence-electron chi connectivity index (χ4n) is 2.97. The molecule has 1 fully saturated rings. The molecule has 0 aliphatic carbocycles. The van der Waals surface area contributed by atoms with E-state index in [1.165, 1.54) is 21.8 Å². The molecule has 0 atom stereocenters. The van der Waals surface area contributed by atoms with Gasteiger partial charge in [-0.3, -0.25) is 9.59 Å². The number of aryl methyl sites for hydroxylation is 2. The van der Waals surface area contributed by atoms with E-state index in [0.717, 1.165) is 22.6 Å². The highest BCUT2D eigenvalue weighted by atomic mass is 32.1. The van der Waals surface area contributed by atoms with Gasteiger partial charge < -0.3 is 9.80 Å². The molecule has 1 aliphatic heterocycles. The monoisotopic (exact) mass is 362 g/mol. The minimum atomic E-state index is 0.0781. The van der Waals surface area contributed by atoms with Crippen molar-refractivity contribution in [3.8, 4) is 0 Å². The molecule has 1 saturated heterocycles. The Morgan fingerprint density at radius 2 is 1.71 bits per heavy atom. The number of hydrogen-bond donors (Lipinski definition) is 0. The quantitative estimate of drug-likeness (QED) is 0.833. The highest BCUT2D eigenvalue weighted by Gasteiger charge is 2.26. The molecule has 6 heteroatoms. The molecule has 2 amide bonds. The van der Waals surface area contributed by atoms with Gasteiger partial charge in [0.2, 0.25) is 0 Å². The van der Waals surface area contributed by atoms with Crippen LogP contribution < -0.4 is 0 Å². The third-order valence-electron chi connectivity index (χ3n) is 4.34. The van der Waals surface area contributed by atoms with Crippen LogP contribution in [0.4, 0.5) is 0 Å². The third kappa shape index (κ3) is 3.54. The Morgan fingerprint density at radius 3 is 2.25 bits per heavy atom. The van der Waals surface area contributed by atoms with Gasteiger partial charge in [0.15, 0.2) is 0 Å². The van der Waals surface area contributed by atoms with E-state index < -0.39 is 0 Å². The first kappa shape index (κ1) is 17.2. The molecular weight excluding hydrogens is 340 g/mol. The van der Waals surface area contributed by atoms with Gasteiger partial charge in [0.1, 0.15) is 0 Å². The first-order valence-corrected chi connectivity index (χ1v) is 10.0. The molecule has 2 aromatic heterocycles. The van der Waals surface area contributed by atoms with Crippen molar-refractivity contribution in [2.24, 2.45) is 0 Å². The molecule has 3 heterocycles. The van der Waals surface area contributed by atoms with Crippen LogP contribution in [0.1, 0.15) is 43.1 Å². The Labute approximate surface area is 150 Å². The van der Waals surface area contributed by atoms with Gasteiger partial charge in [-0.1, -0.05) is 19.4 Å². The van der Waals surface area contributed by atoms with Crippen LogP contribution in [-0.4, -0.2) is 47.8 Å². The van der Waals surface area contributed by atoms with Crippen molar-refractivity contribution < 1.29 is 9.59 Å². The van der Waals surface area contributed by atoms with E-state index >= 15 is 0 Å². The van der Waals surface area contributed by atoms with Crippen molar-refractivity contribution in [3.63, 3.8) is 0 Å². The zero-order chi connectivity index (χ0) is 17.1. The van der Waals surface area contributed by atoms with E-state index in [2.05, 4.69) is 19.9 Å². The van der Waals surface area contributed by atoms with Crippen LogP contribution in [0.3, 0.4) is 0 Å². The van der Waals surface area contributed by atoms with Crippen LogP contribution >= 0.6 is 22.7 Å². The van der Waals surface area contributed by atoms with Gasteiger partial charge in [-0.15, -0.1) is 22.7 Å². The van der Waals surface area contributed by atoms with Crippen LogP contribution in [0.5, 0.6) is 0 Å². The number of rotatable bonds is 4. The van der Waals surface area contributed by atoms with Gasteiger partial charge in [0.05, 0.1) is 9.75 Å². The molecule has 0 radical (unpaired) electrons. The van der Waals surface area contributed by atoms with E-state index in [1.807, 2.05) is 27.3 Å². The summed E-state index contributed by atoms with van der Waals surface area (Å²) in [5.41, 5.74) is 1.29. The first-order chi connectivity index (χ1) is 11.6. The molecular formula is C18H22N2O2S2. The van der Waals surface area contributed by atoms with Crippen molar-refractivity contribution in [2.75, 3.05) is 26.2 Å². The van der Waals surface area contributed by atoms with Gasteiger partial charge >= 0.3 is 0 Å². The fraction of sp³-hybridized carbons (Fsp3) is 0.444. The van der Waals surface area contributed by atoms with Gasteiger partial charge in [-0.25, -0.2) is 0 Å². The van der Waals surface area contributed by atoms with Crippen molar-refractivity contribution in [1.29, 1.82) is 0 Å². The van der Waals surface area contributed by atoms with Crippen LogP contribution in [0.2, 0.25) is 0 Å². The molecule has 0 aromatic carbocycles. The lowest BCUT2D eigenvalue weighted by Gasteiger charge is -2.34. The fourth-order valence-corrected chi connectivity index (χ4v) is 4.70. The molecule has 4 nitrogen and oxygen atoms in total. The Bertz CT molecular complexity index is 713.